The lowest BCUT2D eigenvalue weighted by atomic mass is 9.96. The Labute approximate surface area is 236 Å². The SMILES string of the molecule is COc1ccc(C(=O)Cc2ccc(-c3ccc(OC4CCN(C)CC4)cc3Cl)cc2)cc1-c1cccc(C)c1. The first kappa shape index (κ1) is 27.0. The van der Waals surface area contributed by atoms with Gasteiger partial charge in [-0.15, -0.1) is 0 Å². The smallest absolute Gasteiger partial charge is 0.167 e. The Morgan fingerprint density at radius 3 is 2.36 bits per heavy atom. The zero-order chi connectivity index (χ0) is 27.4. The molecule has 1 aliphatic rings. The summed E-state index contributed by atoms with van der Waals surface area (Å²) in [6.07, 6.45) is 2.61. The van der Waals surface area contributed by atoms with Crippen LogP contribution in [0.3, 0.4) is 0 Å². The van der Waals surface area contributed by atoms with Crippen LogP contribution in [0.25, 0.3) is 22.3 Å². The van der Waals surface area contributed by atoms with Gasteiger partial charge < -0.3 is 14.4 Å². The normalized spacial score (nSPS) is 14.3. The highest BCUT2D eigenvalue weighted by Gasteiger charge is 2.19. The van der Waals surface area contributed by atoms with E-state index >= 15 is 0 Å². The van der Waals surface area contributed by atoms with Crippen LogP contribution < -0.4 is 9.47 Å². The van der Waals surface area contributed by atoms with Crippen LogP contribution in [-0.2, 0) is 6.42 Å². The zero-order valence-electron chi connectivity index (χ0n) is 22.7. The fourth-order valence-electron chi connectivity index (χ4n) is 5.11. The summed E-state index contributed by atoms with van der Waals surface area (Å²) in [5.41, 5.74) is 6.68. The number of aryl methyl sites for hydroxylation is 1. The summed E-state index contributed by atoms with van der Waals surface area (Å²) in [6.45, 7) is 4.16. The quantitative estimate of drug-likeness (QED) is 0.213. The van der Waals surface area contributed by atoms with Crippen LogP contribution in [0, 0.1) is 6.92 Å². The highest BCUT2D eigenvalue weighted by Crippen LogP contribution is 2.34. The van der Waals surface area contributed by atoms with Gasteiger partial charge >= 0.3 is 0 Å². The lowest BCUT2D eigenvalue weighted by Crippen LogP contribution is -2.35. The number of hydrogen-bond acceptors (Lipinski definition) is 4. The molecule has 0 aliphatic carbocycles. The number of carbonyl (C=O) groups excluding carboxylic acids is 1. The number of piperidine rings is 1. The fourth-order valence-corrected chi connectivity index (χ4v) is 5.39. The van der Waals surface area contributed by atoms with Crippen LogP contribution in [0.2, 0.25) is 5.02 Å². The molecule has 1 heterocycles. The average Bonchev–Trinajstić information content (AvgIpc) is 2.94. The number of likely N-dealkylation sites (tertiary alicyclic amines) is 1. The maximum Gasteiger partial charge on any atom is 0.167 e. The van der Waals surface area contributed by atoms with Crippen molar-refractivity contribution in [1.82, 2.24) is 4.90 Å². The van der Waals surface area contributed by atoms with E-state index in [1.165, 1.54) is 0 Å². The van der Waals surface area contributed by atoms with Crippen LogP contribution in [0.15, 0.2) is 84.9 Å². The lowest BCUT2D eigenvalue weighted by molar-refractivity contribution is 0.0993. The number of halogens is 1. The third-order valence-corrected chi connectivity index (χ3v) is 7.70. The Bertz CT molecular complexity index is 1460. The molecule has 1 aliphatic heterocycles. The van der Waals surface area contributed by atoms with Gasteiger partial charge in [-0.1, -0.05) is 65.7 Å². The van der Waals surface area contributed by atoms with Crippen molar-refractivity contribution in [2.75, 3.05) is 27.2 Å². The van der Waals surface area contributed by atoms with Crippen molar-refractivity contribution < 1.29 is 14.3 Å². The third kappa shape index (κ3) is 6.52. The fraction of sp³-hybridized carbons (Fsp3) is 0.265. The summed E-state index contributed by atoms with van der Waals surface area (Å²) < 4.78 is 11.8. The van der Waals surface area contributed by atoms with Crippen LogP contribution in [0.5, 0.6) is 11.5 Å². The maximum atomic E-state index is 13.2. The van der Waals surface area contributed by atoms with Crippen molar-refractivity contribution in [1.29, 1.82) is 0 Å². The number of nitrogens with zero attached hydrogens (tertiary/aromatic N) is 1. The Morgan fingerprint density at radius 1 is 0.897 bits per heavy atom. The Morgan fingerprint density at radius 2 is 1.67 bits per heavy atom. The lowest BCUT2D eigenvalue weighted by Gasteiger charge is -2.29. The number of benzene rings is 4. The molecule has 5 heteroatoms. The van der Waals surface area contributed by atoms with Gasteiger partial charge in [0.1, 0.15) is 17.6 Å². The first-order chi connectivity index (χ1) is 18.9. The van der Waals surface area contributed by atoms with E-state index in [4.69, 9.17) is 21.1 Å². The number of ether oxygens (including phenoxy) is 2. The molecule has 4 aromatic carbocycles. The monoisotopic (exact) mass is 539 g/mol. The van der Waals surface area contributed by atoms with E-state index in [0.717, 1.165) is 70.8 Å². The number of ketones is 1. The van der Waals surface area contributed by atoms with Crippen molar-refractivity contribution in [2.45, 2.75) is 32.3 Å². The minimum Gasteiger partial charge on any atom is -0.496 e. The molecule has 1 fully saturated rings. The summed E-state index contributed by atoms with van der Waals surface area (Å²) in [5, 5.41) is 0.658. The third-order valence-electron chi connectivity index (χ3n) is 7.39. The molecule has 0 aromatic heterocycles. The van der Waals surface area contributed by atoms with Crippen molar-refractivity contribution in [3.63, 3.8) is 0 Å². The van der Waals surface area contributed by atoms with Crippen molar-refractivity contribution in [3.05, 3.63) is 107 Å². The highest BCUT2D eigenvalue weighted by atomic mass is 35.5. The summed E-state index contributed by atoms with van der Waals surface area (Å²) in [5.74, 6) is 1.62. The second-order valence-corrected chi connectivity index (χ2v) is 10.8. The summed E-state index contributed by atoms with van der Waals surface area (Å²) in [4.78, 5) is 15.5. The van der Waals surface area contributed by atoms with Crippen LogP contribution in [0.1, 0.15) is 34.3 Å². The number of rotatable bonds is 8. The first-order valence-corrected chi connectivity index (χ1v) is 13.8. The van der Waals surface area contributed by atoms with Gasteiger partial charge in [0.05, 0.1) is 12.1 Å². The van der Waals surface area contributed by atoms with Crippen molar-refractivity contribution in [3.8, 4) is 33.8 Å². The topological polar surface area (TPSA) is 38.8 Å². The van der Waals surface area contributed by atoms with E-state index in [-0.39, 0.29) is 11.9 Å². The molecule has 1 saturated heterocycles. The highest BCUT2D eigenvalue weighted by molar-refractivity contribution is 6.33. The molecule has 0 bridgehead atoms. The van der Waals surface area contributed by atoms with Gasteiger partial charge in [0, 0.05) is 36.2 Å². The number of Topliss-reactive ketones (excluding diaryl/α,β-unsaturated/α-hetero) is 1. The van der Waals surface area contributed by atoms with E-state index in [1.807, 2.05) is 72.8 Å². The van der Waals surface area contributed by atoms with E-state index in [0.29, 0.717) is 17.0 Å². The van der Waals surface area contributed by atoms with Crippen LogP contribution >= 0.6 is 11.6 Å². The predicted octanol–water partition coefficient (Wildman–Crippen LogP) is 7.89. The van der Waals surface area contributed by atoms with Crippen molar-refractivity contribution in [2.24, 2.45) is 0 Å². The number of carbonyl (C=O) groups is 1. The van der Waals surface area contributed by atoms with Crippen LogP contribution in [0.4, 0.5) is 0 Å². The minimum atomic E-state index is 0.0627. The molecule has 0 atom stereocenters. The molecule has 0 saturated carbocycles. The van der Waals surface area contributed by atoms with Crippen molar-refractivity contribution >= 4 is 17.4 Å². The molecule has 0 unspecified atom stereocenters. The molecule has 5 rings (SSSR count). The van der Waals surface area contributed by atoms with E-state index in [1.54, 1.807) is 7.11 Å². The molecular formula is C34H34ClNO3. The van der Waals surface area contributed by atoms with E-state index in [2.05, 4.69) is 31.0 Å². The minimum absolute atomic E-state index is 0.0627. The zero-order valence-corrected chi connectivity index (χ0v) is 23.5. The Hall–Kier alpha value is -3.60. The number of methoxy groups -OCH3 is 1. The standard InChI is InChI=1S/C34H34ClNO3/c1-23-5-4-6-26(19-23)31-21-27(11-14-34(31)38-3)33(37)20-24-7-9-25(10-8-24)30-13-12-29(22-32(30)35)39-28-15-17-36(2)18-16-28/h4-14,19,21-22,28H,15-18,20H2,1-3H3. The molecule has 0 radical (unpaired) electrons. The van der Waals surface area contributed by atoms with Gasteiger partial charge in [-0.25, -0.2) is 0 Å². The van der Waals surface area contributed by atoms with E-state index in [9.17, 15) is 4.79 Å². The van der Waals surface area contributed by atoms with Gasteiger partial charge in [-0.05, 0) is 79.9 Å². The van der Waals surface area contributed by atoms with Gasteiger partial charge in [0.15, 0.2) is 5.78 Å². The molecule has 0 spiro atoms. The molecule has 39 heavy (non-hydrogen) atoms. The van der Waals surface area contributed by atoms with Gasteiger partial charge in [0.25, 0.3) is 0 Å². The number of hydrogen-bond donors (Lipinski definition) is 0. The molecule has 4 nitrogen and oxygen atoms in total. The average molecular weight is 540 g/mol. The molecular weight excluding hydrogens is 506 g/mol. The maximum absolute atomic E-state index is 13.2. The van der Waals surface area contributed by atoms with E-state index < -0.39 is 0 Å². The summed E-state index contributed by atoms with van der Waals surface area (Å²) in [6, 6.07) is 27.8. The Kier molecular flexibility index (Phi) is 8.35. The predicted molar refractivity (Wildman–Crippen MR) is 159 cm³/mol. The van der Waals surface area contributed by atoms with Gasteiger partial charge in [-0.3, -0.25) is 4.79 Å². The van der Waals surface area contributed by atoms with Gasteiger partial charge in [-0.2, -0.15) is 0 Å². The summed E-state index contributed by atoms with van der Waals surface area (Å²) >= 11 is 6.66. The molecule has 200 valence electrons. The first-order valence-electron chi connectivity index (χ1n) is 13.4. The second kappa shape index (κ2) is 12.1. The van der Waals surface area contributed by atoms with Crippen LogP contribution in [-0.4, -0.2) is 44.0 Å². The molecule has 0 amide bonds. The molecule has 0 N–H and O–H groups in total. The Balaban J connectivity index is 1.27. The molecule has 4 aromatic rings. The van der Waals surface area contributed by atoms with Gasteiger partial charge in [0.2, 0.25) is 0 Å². The largest absolute Gasteiger partial charge is 0.496 e. The summed E-state index contributed by atoms with van der Waals surface area (Å²) in [7, 11) is 3.80. The second-order valence-electron chi connectivity index (χ2n) is 10.3.